The number of aromatic nitrogens is 1. The molecular formula is C25H25NO4. The number of benzene rings is 2. The molecule has 0 aliphatic carbocycles. The molecule has 0 bridgehead atoms. The average Bonchev–Trinajstić information content (AvgIpc) is 3.12. The predicted molar refractivity (Wildman–Crippen MR) is 118 cm³/mol. The van der Waals surface area contributed by atoms with Crippen LogP contribution in [-0.4, -0.2) is 11.0 Å². The van der Waals surface area contributed by atoms with E-state index in [-0.39, 0.29) is 19.0 Å². The lowest BCUT2D eigenvalue weighted by Gasteiger charge is -2.13. The Morgan fingerprint density at radius 2 is 1.90 bits per heavy atom. The van der Waals surface area contributed by atoms with Crippen LogP contribution in [0.15, 0.2) is 57.9 Å². The molecule has 5 heteroatoms. The topological polar surface area (TPSA) is 72.3 Å². The molecule has 0 aliphatic heterocycles. The van der Waals surface area contributed by atoms with Gasteiger partial charge in [-0.25, -0.2) is 4.79 Å². The Labute approximate surface area is 174 Å². The molecule has 0 spiro atoms. The number of rotatable bonds is 6. The van der Waals surface area contributed by atoms with E-state index in [4.69, 9.17) is 9.15 Å². The van der Waals surface area contributed by atoms with Crippen LogP contribution in [0.1, 0.15) is 48.4 Å². The second-order valence-corrected chi connectivity index (χ2v) is 7.97. The third-order valence-electron chi connectivity index (χ3n) is 5.50. The molecule has 4 aromatic rings. The fraction of sp³-hybridized carbons (Fsp3) is 0.280. The fourth-order valence-corrected chi connectivity index (χ4v) is 3.94. The third-order valence-corrected chi connectivity index (χ3v) is 5.50. The maximum atomic E-state index is 12.4. The van der Waals surface area contributed by atoms with Crippen LogP contribution in [0, 0.1) is 6.92 Å². The normalized spacial score (nSPS) is 11.5. The van der Waals surface area contributed by atoms with Crippen molar-refractivity contribution in [2.24, 2.45) is 0 Å². The first-order valence-electron chi connectivity index (χ1n) is 10.2. The Balaban J connectivity index is 1.49. The van der Waals surface area contributed by atoms with Gasteiger partial charge in [0.2, 0.25) is 0 Å². The summed E-state index contributed by atoms with van der Waals surface area (Å²) in [6.07, 6.45) is 2.80. The molecule has 0 saturated heterocycles. The van der Waals surface area contributed by atoms with Crippen molar-refractivity contribution in [3.8, 4) is 0 Å². The number of H-pyrrole nitrogens is 1. The highest BCUT2D eigenvalue weighted by molar-refractivity contribution is 5.84. The quantitative estimate of drug-likeness (QED) is 0.346. The average molecular weight is 403 g/mol. The summed E-state index contributed by atoms with van der Waals surface area (Å²) in [6.45, 7) is 6.30. The van der Waals surface area contributed by atoms with Gasteiger partial charge < -0.3 is 14.1 Å². The molecule has 5 nitrogen and oxygen atoms in total. The molecule has 0 fully saturated rings. The van der Waals surface area contributed by atoms with E-state index in [1.165, 1.54) is 11.6 Å². The minimum absolute atomic E-state index is 0.0510. The summed E-state index contributed by atoms with van der Waals surface area (Å²) in [4.78, 5) is 27.6. The van der Waals surface area contributed by atoms with Gasteiger partial charge in [-0.2, -0.15) is 0 Å². The summed E-state index contributed by atoms with van der Waals surface area (Å²) >= 11 is 0. The van der Waals surface area contributed by atoms with E-state index in [9.17, 15) is 9.59 Å². The number of esters is 1. The van der Waals surface area contributed by atoms with Gasteiger partial charge in [-0.1, -0.05) is 32.0 Å². The lowest BCUT2D eigenvalue weighted by molar-refractivity contribution is -0.144. The smallest absolute Gasteiger partial charge is 0.336 e. The second kappa shape index (κ2) is 8.19. The summed E-state index contributed by atoms with van der Waals surface area (Å²) in [6, 6.07) is 13.3. The molecule has 0 radical (unpaired) electrons. The maximum absolute atomic E-state index is 12.4. The van der Waals surface area contributed by atoms with Crippen molar-refractivity contribution in [1.82, 2.24) is 4.98 Å². The Kier molecular flexibility index (Phi) is 5.44. The van der Waals surface area contributed by atoms with E-state index in [1.54, 1.807) is 0 Å². The van der Waals surface area contributed by atoms with Crippen molar-refractivity contribution in [1.29, 1.82) is 0 Å². The molecule has 30 heavy (non-hydrogen) atoms. The number of fused-ring (bicyclic) bond motifs is 2. The largest absolute Gasteiger partial charge is 0.461 e. The van der Waals surface area contributed by atoms with E-state index in [2.05, 4.69) is 18.8 Å². The molecule has 1 N–H and O–H groups in total. The number of ether oxygens (including phenoxy) is 1. The summed E-state index contributed by atoms with van der Waals surface area (Å²) in [5, 5.41) is 1.93. The van der Waals surface area contributed by atoms with Crippen LogP contribution in [0.3, 0.4) is 0 Å². The summed E-state index contributed by atoms with van der Waals surface area (Å²) in [5.41, 5.74) is 5.16. The summed E-state index contributed by atoms with van der Waals surface area (Å²) < 4.78 is 10.9. The lowest BCUT2D eigenvalue weighted by Crippen LogP contribution is -2.09. The number of carbonyl (C=O) groups excluding carboxylic acids is 1. The first-order chi connectivity index (χ1) is 14.4. The zero-order valence-corrected chi connectivity index (χ0v) is 17.5. The minimum atomic E-state index is -0.441. The van der Waals surface area contributed by atoms with Crippen LogP contribution in [-0.2, 0) is 22.6 Å². The summed E-state index contributed by atoms with van der Waals surface area (Å²) in [5.74, 6) is 0.0470. The molecule has 0 aliphatic rings. The Morgan fingerprint density at radius 1 is 1.10 bits per heavy atom. The van der Waals surface area contributed by atoms with Crippen LogP contribution in [0.2, 0.25) is 0 Å². The number of hydrogen-bond donors (Lipinski definition) is 1. The first kappa shape index (κ1) is 20.0. The molecule has 2 aromatic heterocycles. The van der Waals surface area contributed by atoms with Gasteiger partial charge in [0.25, 0.3) is 0 Å². The monoisotopic (exact) mass is 403 g/mol. The number of aromatic amines is 1. The van der Waals surface area contributed by atoms with E-state index < -0.39 is 5.63 Å². The third kappa shape index (κ3) is 4.01. The Morgan fingerprint density at radius 3 is 2.70 bits per heavy atom. The highest BCUT2D eigenvalue weighted by Crippen LogP contribution is 2.27. The molecule has 4 rings (SSSR count). The van der Waals surface area contributed by atoms with Gasteiger partial charge in [0.05, 0.1) is 0 Å². The first-order valence-corrected chi connectivity index (χ1v) is 10.2. The van der Waals surface area contributed by atoms with Gasteiger partial charge in [0, 0.05) is 40.5 Å². The number of hydrogen-bond acceptors (Lipinski definition) is 4. The highest BCUT2D eigenvalue weighted by atomic mass is 16.5. The van der Waals surface area contributed by atoms with Gasteiger partial charge in [0.1, 0.15) is 12.2 Å². The SMILES string of the molecule is Cc1cc2oc(=O)cc(COC(=O)CCc3c[nH]c4ccccc34)c2cc1C(C)C. The van der Waals surface area contributed by atoms with Crippen LogP contribution < -0.4 is 5.63 Å². The van der Waals surface area contributed by atoms with E-state index >= 15 is 0 Å². The molecule has 2 aromatic carbocycles. The van der Waals surface area contributed by atoms with Crippen molar-refractivity contribution in [3.63, 3.8) is 0 Å². The molecular weight excluding hydrogens is 378 g/mol. The minimum Gasteiger partial charge on any atom is -0.461 e. The Bertz CT molecular complexity index is 1280. The molecule has 2 heterocycles. The number of carbonyl (C=O) groups is 1. The van der Waals surface area contributed by atoms with Crippen LogP contribution in [0.4, 0.5) is 0 Å². The highest BCUT2D eigenvalue weighted by Gasteiger charge is 2.13. The fourth-order valence-electron chi connectivity index (χ4n) is 3.94. The van der Waals surface area contributed by atoms with Gasteiger partial charge in [-0.15, -0.1) is 0 Å². The van der Waals surface area contributed by atoms with E-state index in [0.717, 1.165) is 27.4 Å². The number of nitrogens with one attached hydrogen (secondary N) is 1. The van der Waals surface area contributed by atoms with Crippen molar-refractivity contribution in [2.75, 3.05) is 0 Å². The van der Waals surface area contributed by atoms with Crippen molar-refractivity contribution in [2.45, 2.75) is 46.1 Å². The van der Waals surface area contributed by atoms with Gasteiger partial charge in [-0.3, -0.25) is 4.79 Å². The van der Waals surface area contributed by atoms with E-state index in [0.29, 0.717) is 23.5 Å². The maximum Gasteiger partial charge on any atom is 0.336 e. The van der Waals surface area contributed by atoms with E-state index in [1.807, 2.05) is 49.5 Å². The predicted octanol–water partition coefficient (Wildman–Crippen LogP) is 5.38. The zero-order valence-electron chi connectivity index (χ0n) is 17.5. The zero-order chi connectivity index (χ0) is 21.3. The van der Waals surface area contributed by atoms with Gasteiger partial charge in [0.15, 0.2) is 0 Å². The van der Waals surface area contributed by atoms with Crippen LogP contribution in [0.5, 0.6) is 0 Å². The Hall–Kier alpha value is -3.34. The van der Waals surface area contributed by atoms with Crippen LogP contribution >= 0.6 is 0 Å². The lowest BCUT2D eigenvalue weighted by atomic mass is 9.95. The molecule has 0 saturated carbocycles. The second-order valence-electron chi connectivity index (χ2n) is 7.97. The van der Waals surface area contributed by atoms with Crippen molar-refractivity contribution < 1.29 is 13.9 Å². The van der Waals surface area contributed by atoms with Gasteiger partial charge >= 0.3 is 11.6 Å². The van der Waals surface area contributed by atoms with Gasteiger partial charge in [-0.05, 0) is 54.2 Å². The number of para-hydroxylation sites is 1. The summed E-state index contributed by atoms with van der Waals surface area (Å²) in [7, 11) is 0. The van der Waals surface area contributed by atoms with Crippen LogP contribution in [0.25, 0.3) is 21.9 Å². The molecule has 0 amide bonds. The van der Waals surface area contributed by atoms with Crippen molar-refractivity contribution in [3.05, 3.63) is 81.3 Å². The standard InChI is InChI=1S/C25H25NO4/c1-15(2)20-12-21-18(11-25(28)30-23(21)10-16(20)3)14-29-24(27)9-8-17-13-26-22-7-5-4-6-19(17)22/h4-7,10-13,15,26H,8-9,14H2,1-3H3. The molecule has 154 valence electrons. The molecule has 0 atom stereocenters. The number of aryl methyl sites for hydroxylation is 2. The van der Waals surface area contributed by atoms with Crippen molar-refractivity contribution >= 4 is 27.8 Å². The molecule has 0 unspecified atom stereocenters.